The Bertz CT molecular complexity index is 1000. The summed E-state index contributed by atoms with van der Waals surface area (Å²) < 4.78 is 4.61. The molecule has 3 aliphatic rings. The number of aliphatic hydroxyl groups excluding tert-OH is 1. The van der Waals surface area contributed by atoms with Crippen LogP contribution in [0, 0.1) is 30.6 Å². The van der Waals surface area contributed by atoms with Crippen molar-refractivity contribution in [3.8, 4) is 0 Å². The van der Waals surface area contributed by atoms with Crippen molar-refractivity contribution >= 4 is 46.8 Å². The number of nitrogens with zero attached hydrogens (tertiary/aromatic N) is 1. The normalized spacial score (nSPS) is 32.9. The van der Waals surface area contributed by atoms with Gasteiger partial charge in [0.2, 0.25) is 11.8 Å². The van der Waals surface area contributed by atoms with Gasteiger partial charge >= 0.3 is 5.97 Å². The number of anilines is 1. The average molecular weight is 523 g/mol. The number of aryl methyl sites for hydroxylation is 1. The highest BCUT2D eigenvalue weighted by Gasteiger charge is 2.77. The van der Waals surface area contributed by atoms with E-state index in [1.54, 1.807) is 29.7 Å². The molecule has 3 aliphatic heterocycles. The Hall–Kier alpha value is -1.77. The molecule has 0 aromatic heterocycles. The predicted molar refractivity (Wildman–Crippen MR) is 137 cm³/mol. The van der Waals surface area contributed by atoms with E-state index < -0.39 is 28.7 Å². The molecule has 0 aliphatic carbocycles. The van der Waals surface area contributed by atoms with Crippen molar-refractivity contribution < 1.29 is 24.2 Å². The third-order valence-electron chi connectivity index (χ3n) is 8.31. The second-order valence-electron chi connectivity index (χ2n) is 10.1. The smallest absolute Gasteiger partial charge is 0.310 e. The van der Waals surface area contributed by atoms with Gasteiger partial charge in [-0.05, 0) is 43.7 Å². The van der Waals surface area contributed by atoms with Gasteiger partial charge in [-0.1, -0.05) is 50.9 Å². The van der Waals surface area contributed by atoms with Gasteiger partial charge in [-0.3, -0.25) is 14.4 Å². The Kier molecular flexibility index (Phi) is 7.47. The molecule has 2 amide bonds. The van der Waals surface area contributed by atoms with E-state index in [1.165, 1.54) is 0 Å². The minimum absolute atomic E-state index is 0.0292. The van der Waals surface area contributed by atoms with Crippen molar-refractivity contribution in [2.75, 3.05) is 18.5 Å². The summed E-state index contributed by atoms with van der Waals surface area (Å²) >= 11 is 8.01. The molecule has 192 valence electrons. The molecule has 1 aromatic rings. The minimum Gasteiger partial charge on any atom is -0.466 e. The zero-order chi connectivity index (χ0) is 25.7. The van der Waals surface area contributed by atoms with Crippen LogP contribution in [0.15, 0.2) is 18.2 Å². The molecule has 3 unspecified atom stereocenters. The molecule has 0 radical (unpaired) electrons. The fraction of sp³-hybridized carbons (Fsp3) is 0.654. The van der Waals surface area contributed by atoms with E-state index in [0.29, 0.717) is 10.7 Å². The maximum absolute atomic E-state index is 14.1. The number of para-hydroxylation sites is 1. The number of esters is 1. The first kappa shape index (κ1) is 26.3. The molecule has 9 heteroatoms. The topological polar surface area (TPSA) is 95.9 Å². The van der Waals surface area contributed by atoms with Crippen molar-refractivity contribution in [2.24, 2.45) is 23.7 Å². The van der Waals surface area contributed by atoms with Crippen LogP contribution < -0.4 is 5.32 Å². The Morgan fingerprint density at radius 1 is 1.37 bits per heavy atom. The van der Waals surface area contributed by atoms with Crippen LogP contribution in [-0.4, -0.2) is 63.1 Å². The van der Waals surface area contributed by atoms with Crippen molar-refractivity contribution in [2.45, 2.75) is 69.5 Å². The standard InChI is InChI=1S/C26H35ClN2O5S/c1-6-13(3)17(12-30)29-22(23(31)28-21-14(4)9-8-10-16(21)27)26-15(5)11-18(35-26)19(20(26)24(29)32)25(33)34-7-2/h8-10,13,15,17-20,22,30H,6-7,11-12H2,1-5H3,(H,28,31)/t13-,15?,17-,18-,19+,20-,22?,26?/m0/s1. The van der Waals surface area contributed by atoms with Crippen LogP contribution in [-0.2, 0) is 19.1 Å². The lowest BCUT2D eigenvalue weighted by Gasteiger charge is -2.41. The summed E-state index contributed by atoms with van der Waals surface area (Å²) in [7, 11) is 0. The molecule has 2 bridgehead atoms. The number of thioether (sulfide) groups is 1. The average Bonchev–Trinajstić information content (AvgIpc) is 3.41. The summed E-state index contributed by atoms with van der Waals surface area (Å²) in [5.41, 5.74) is 1.33. The Balaban J connectivity index is 1.83. The van der Waals surface area contributed by atoms with Crippen molar-refractivity contribution in [1.29, 1.82) is 0 Å². The zero-order valence-corrected chi connectivity index (χ0v) is 22.5. The van der Waals surface area contributed by atoms with Crippen LogP contribution >= 0.6 is 23.4 Å². The summed E-state index contributed by atoms with van der Waals surface area (Å²) in [6.07, 6.45) is 1.46. The van der Waals surface area contributed by atoms with Gasteiger partial charge in [0.15, 0.2) is 0 Å². The van der Waals surface area contributed by atoms with Crippen molar-refractivity contribution in [3.05, 3.63) is 28.8 Å². The van der Waals surface area contributed by atoms with E-state index in [0.717, 1.165) is 18.4 Å². The van der Waals surface area contributed by atoms with Gasteiger partial charge in [-0.2, -0.15) is 0 Å². The van der Waals surface area contributed by atoms with Gasteiger partial charge in [0.1, 0.15) is 6.04 Å². The first-order valence-corrected chi connectivity index (χ1v) is 13.7. The summed E-state index contributed by atoms with van der Waals surface area (Å²) in [6, 6.07) is 4.02. The zero-order valence-electron chi connectivity index (χ0n) is 20.9. The van der Waals surface area contributed by atoms with E-state index >= 15 is 0 Å². The van der Waals surface area contributed by atoms with E-state index in [9.17, 15) is 19.5 Å². The molecule has 35 heavy (non-hydrogen) atoms. The van der Waals surface area contributed by atoms with Gasteiger partial charge in [0, 0.05) is 5.25 Å². The van der Waals surface area contributed by atoms with E-state index in [4.69, 9.17) is 16.3 Å². The molecule has 8 atom stereocenters. The van der Waals surface area contributed by atoms with Crippen LogP contribution in [0.5, 0.6) is 0 Å². The molecular weight excluding hydrogens is 488 g/mol. The number of hydrogen-bond acceptors (Lipinski definition) is 6. The number of fused-ring (bicyclic) bond motifs is 1. The molecule has 1 spiro atoms. The highest BCUT2D eigenvalue weighted by Crippen LogP contribution is 2.69. The number of carbonyl (C=O) groups excluding carboxylic acids is 3. The predicted octanol–water partition coefficient (Wildman–Crippen LogP) is 3.89. The number of ether oxygens (including phenoxy) is 1. The van der Waals surface area contributed by atoms with Crippen LogP contribution in [0.1, 0.15) is 46.1 Å². The van der Waals surface area contributed by atoms with E-state index in [2.05, 4.69) is 12.2 Å². The minimum atomic E-state index is -0.841. The molecular formula is C26H35ClN2O5S. The van der Waals surface area contributed by atoms with Crippen LogP contribution in [0.25, 0.3) is 0 Å². The van der Waals surface area contributed by atoms with E-state index in [-0.39, 0.29) is 48.1 Å². The maximum Gasteiger partial charge on any atom is 0.310 e. The number of amides is 2. The van der Waals surface area contributed by atoms with Crippen LogP contribution in [0.2, 0.25) is 5.02 Å². The number of carbonyl (C=O) groups is 3. The molecule has 3 heterocycles. The first-order valence-electron chi connectivity index (χ1n) is 12.5. The number of aliphatic hydroxyl groups is 1. The Morgan fingerprint density at radius 3 is 2.69 bits per heavy atom. The molecule has 4 rings (SSSR count). The number of halogens is 1. The molecule has 3 fully saturated rings. The lowest BCUT2D eigenvalue weighted by atomic mass is 9.66. The highest BCUT2D eigenvalue weighted by molar-refractivity contribution is 8.02. The number of rotatable bonds is 8. The number of hydrogen-bond donors (Lipinski definition) is 2. The van der Waals surface area contributed by atoms with E-state index in [1.807, 2.05) is 32.9 Å². The lowest BCUT2D eigenvalue weighted by molar-refractivity contribution is -0.154. The van der Waals surface area contributed by atoms with Gasteiger partial charge < -0.3 is 20.1 Å². The summed E-state index contributed by atoms with van der Waals surface area (Å²) in [5, 5.41) is 13.8. The van der Waals surface area contributed by atoms with Crippen molar-refractivity contribution in [1.82, 2.24) is 4.90 Å². The lowest BCUT2D eigenvalue weighted by Crippen LogP contribution is -2.58. The number of benzene rings is 1. The quantitative estimate of drug-likeness (QED) is 0.503. The number of likely N-dealkylation sites (tertiary alicyclic amines) is 1. The third-order valence-corrected chi connectivity index (χ3v) is 10.7. The summed E-state index contributed by atoms with van der Waals surface area (Å²) in [5.74, 6) is -2.20. The van der Waals surface area contributed by atoms with Crippen molar-refractivity contribution in [3.63, 3.8) is 0 Å². The van der Waals surface area contributed by atoms with Crippen LogP contribution in [0.4, 0.5) is 5.69 Å². The molecule has 0 saturated carbocycles. The van der Waals surface area contributed by atoms with Gasteiger partial charge in [0.05, 0.1) is 46.5 Å². The maximum atomic E-state index is 14.1. The fourth-order valence-electron chi connectivity index (χ4n) is 6.42. The first-order chi connectivity index (χ1) is 16.6. The molecule has 7 nitrogen and oxygen atoms in total. The second kappa shape index (κ2) is 9.94. The molecule has 3 saturated heterocycles. The Morgan fingerprint density at radius 2 is 2.09 bits per heavy atom. The highest BCUT2D eigenvalue weighted by atomic mass is 35.5. The fourth-order valence-corrected chi connectivity index (χ4v) is 9.08. The molecule has 2 N–H and O–H groups in total. The van der Waals surface area contributed by atoms with Crippen LogP contribution in [0.3, 0.4) is 0 Å². The van der Waals surface area contributed by atoms with Gasteiger partial charge in [-0.15, -0.1) is 11.8 Å². The monoisotopic (exact) mass is 522 g/mol. The Labute approximate surface area is 216 Å². The summed E-state index contributed by atoms with van der Waals surface area (Å²) in [6.45, 7) is 9.64. The second-order valence-corrected chi connectivity index (χ2v) is 12.1. The third kappa shape index (κ3) is 3.96. The van der Waals surface area contributed by atoms with Gasteiger partial charge in [0.25, 0.3) is 0 Å². The molecule has 1 aromatic carbocycles. The summed E-state index contributed by atoms with van der Waals surface area (Å²) in [4.78, 5) is 42.9. The number of nitrogens with one attached hydrogen (secondary N) is 1. The SMILES string of the molecule is CCOC(=O)[C@@H]1[C@@H]2CC(C)C3(S2)C(C(=O)Nc2c(C)cccc2Cl)N([C@@H](CO)[C@@H](C)CC)C(=O)[C@H]13. The van der Waals surface area contributed by atoms with Gasteiger partial charge in [-0.25, -0.2) is 0 Å². The largest absolute Gasteiger partial charge is 0.466 e.